The number of rotatable bonds is 0. The molecular weight excluding hydrogens is 224 g/mol. The Balaban J connectivity index is 1.93. The van der Waals surface area contributed by atoms with Gasteiger partial charge in [0.15, 0.2) is 0 Å². The van der Waals surface area contributed by atoms with Gasteiger partial charge in [0.25, 0.3) is 0 Å². The van der Waals surface area contributed by atoms with Gasteiger partial charge in [-0.15, -0.1) is 0 Å². The van der Waals surface area contributed by atoms with Gasteiger partial charge in [-0.05, 0) is 19.1 Å². The molecular formula is C16H14O2. The van der Waals surface area contributed by atoms with Gasteiger partial charge in [-0.3, -0.25) is 0 Å². The van der Waals surface area contributed by atoms with E-state index in [0.717, 1.165) is 17.1 Å². The second-order valence-electron chi connectivity index (χ2n) is 5.11. The van der Waals surface area contributed by atoms with E-state index >= 15 is 0 Å². The van der Waals surface area contributed by atoms with E-state index in [1.807, 2.05) is 30.3 Å². The zero-order valence-corrected chi connectivity index (χ0v) is 10.2. The Bertz CT molecular complexity index is 620. The monoisotopic (exact) mass is 238 g/mol. The predicted molar refractivity (Wildman–Crippen MR) is 69.1 cm³/mol. The summed E-state index contributed by atoms with van der Waals surface area (Å²) in [6, 6.07) is 16.4. The molecule has 2 heterocycles. The first-order chi connectivity index (χ1) is 8.79. The summed E-state index contributed by atoms with van der Waals surface area (Å²) in [5.74, 6) is 2.22. The van der Waals surface area contributed by atoms with Crippen molar-refractivity contribution in [2.75, 3.05) is 6.61 Å². The number of hydrogen-bond donors (Lipinski definition) is 0. The zero-order chi connectivity index (χ0) is 12.2. The Labute approximate surface area is 106 Å². The molecule has 90 valence electrons. The summed E-state index contributed by atoms with van der Waals surface area (Å²) in [5, 5.41) is 0. The maximum Gasteiger partial charge on any atom is 0.145 e. The molecule has 18 heavy (non-hydrogen) atoms. The van der Waals surface area contributed by atoms with Crippen molar-refractivity contribution in [2.24, 2.45) is 0 Å². The van der Waals surface area contributed by atoms with E-state index in [1.54, 1.807) is 0 Å². The molecule has 2 atom stereocenters. The van der Waals surface area contributed by atoms with Gasteiger partial charge in [0.2, 0.25) is 0 Å². The van der Waals surface area contributed by atoms with Gasteiger partial charge in [0.05, 0.1) is 12.5 Å². The second kappa shape index (κ2) is 3.29. The lowest BCUT2D eigenvalue weighted by Gasteiger charge is -2.36. The smallest absolute Gasteiger partial charge is 0.145 e. The molecule has 0 spiro atoms. The molecule has 2 aromatic rings. The van der Waals surface area contributed by atoms with Gasteiger partial charge in [0.1, 0.15) is 17.1 Å². The van der Waals surface area contributed by atoms with Gasteiger partial charge >= 0.3 is 0 Å². The van der Waals surface area contributed by atoms with Crippen molar-refractivity contribution in [1.82, 2.24) is 0 Å². The molecule has 2 nitrogen and oxygen atoms in total. The Morgan fingerprint density at radius 1 is 1.00 bits per heavy atom. The minimum absolute atomic E-state index is 0.281. The quantitative estimate of drug-likeness (QED) is 0.699. The van der Waals surface area contributed by atoms with Crippen LogP contribution in [0, 0.1) is 0 Å². The van der Waals surface area contributed by atoms with E-state index < -0.39 is 0 Å². The van der Waals surface area contributed by atoms with Crippen LogP contribution in [0.3, 0.4) is 0 Å². The van der Waals surface area contributed by atoms with Crippen LogP contribution in [0.4, 0.5) is 0 Å². The summed E-state index contributed by atoms with van der Waals surface area (Å²) in [6.45, 7) is 2.85. The molecule has 0 bridgehead atoms. The van der Waals surface area contributed by atoms with Gasteiger partial charge in [-0.25, -0.2) is 0 Å². The Kier molecular flexibility index (Phi) is 1.83. The third kappa shape index (κ3) is 1.13. The van der Waals surface area contributed by atoms with Gasteiger partial charge in [-0.1, -0.05) is 36.4 Å². The molecule has 0 fully saturated rings. The molecule has 0 N–H and O–H groups in total. The molecule has 0 aliphatic carbocycles. The lowest BCUT2D eigenvalue weighted by atomic mass is 9.79. The van der Waals surface area contributed by atoms with E-state index in [2.05, 4.69) is 25.1 Å². The minimum Gasteiger partial charge on any atom is -0.492 e. The molecule has 0 saturated carbocycles. The fourth-order valence-corrected chi connectivity index (χ4v) is 3.12. The van der Waals surface area contributed by atoms with Gasteiger partial charge in [-0.2, -0.15) is 0 Å². The SMILES string of the molecule is C[C@]12Oc3ccccc3[C@@H]1COc1ccccc12. The van der Waals surface area contributed by atoms with Crippen LogP contribution in [0.2, 0.25) is 0 Å². The molecule has 0 unspecified atom stereocenters. The van der Waals surface area contributed by atoms with Crippen LogP contribution in [-0.4, -0.2) is 6.61 Å². The first-order valence-corrected chi connectivity index (χ1v) is 6.29. The normalized spacial score (nSPS) is 27.5. The molecule has 0 radical (unpaired) electrons. The molecule has 2 aliphatic heterocycles. The molecule has 0 saturated heterocycles. The van der Waals surface area contributed by atoms with E-state index in [9.17, 15) is 0 Å². The molecule has 0 amide bonds. The molecule has 4 rings (SSSR count). The first-order valence-electron chi connectivity index (χ1n) is 6.29. The van der Waals surface area contributed by atoms with Crippen molar-refractivity contribution < 1.29 is 9.47 Å². The van der Waals surface area contributed by atoms with Crippen LogP contribution in [-0.2, 0) is 5.60 Å². The highest BCUT2D eigenvalue weighted by Gasteiger charge is 2.50. The van der Waals surface area contributed by atoms with Crippen LogP contribution in [0.5, 0.6) is 11.5 Å². The van der Waals surface area contributed by atoms with Crippen molar-refractivity contribution in [2.45, 2.75) is 18.4 Å². The van der Waals surface area contributed by atoms with Crippen LogP contribution in [0.25, 0.3) is 0 Å². The van der Waals surface area contributed by atoms with E-state index in [1.165, 1.54) is 5.56 Å². The lowest BCUT2D eigenvalue weighted by Crippen LogP contribution is -2.38. The summed E-state index contributed by atoms with van der Waals surface area (Å²) >= 11 is 0. The fraction of sp³-hybridized carbons (Fsp3) is 0.250. The predicted octanol–water partition coefficient (Wildman–Crippen LogP) is 3.47. The average molecular weight is 238 g/mol. The van der Waals surface area contributed by atoms with Crippen molar-refractivity contribution in [1.29, 1.82) is 0 Å². The minimum atomic E-state index is -0.293. The Morgan fingerprint density at radius 2 is 1.72 bits per heavy atom. The molecule has 0 aromatic heterocycles. The van der Waals surface area contributed by atoms with Gasteiger partial charge in [0, 0.05) is 11.1 Å². The Morgan fingerprint density at radius 3 is 2.61 bits per heavy atom. The maximum atomic E-state index is 6.24. The van der Waals surface area contributed by atoms with E-state index in [4.69, 9.17) is 9.47 Å². The number of para-hydroxylation sites is 2. The Hall–Kier alpha value is -1.96. The van der Waals surface area contributed by atoms with Gasteiger partial charge < -0.3 is 9.47 Å². The third-order valence-corrected chi connectivity index (χ3v) is 4.11. The van der Waals surface area contributed by atoms with Crippen molar-refractivity contribution in [3.8, 4) is 11.5 Å². The third-order valence-electron chi connectivity index (χ3n) is 4.11. The molecule has 2 aliphatic rings. The highest BCUT2D eigenvalue weighted by molar-refractivity contribution is 5.51. The highest BCUT2D eigenvalue weighted by Crippen LogP contribution is 2.54. The van der Waals surface area contributed by atoms with Crippen LogP contribution in [0.15, 0.2) is 48.5 Å². The summed E-state index contributed by atoms with van der Waals surface area (Å²) in [6.07, 6.45) is 0. The highest BCUT2D eigenvalue weighted by atomic mass is 16.5. The summed E-state index contributed by atoms with van der Waals surface area (Å²) in [4.78, 5) is 0. The number of fused-ring (bicyclic) bond motifs is 5. The van der Waals surface area contributed by atoms with Crippen LogP contribution < -0.4 is 9.47 Å². The molecule has 2 heteroatoms. The van der Waals surface area contributed by atoms with Crippen LogP contribution >= 0.6 is 0 Å². The number of hydrogen-bond acceptors (Lipinski definition) is 2. The standard InChI is InChI=1S/C16H14O2/c1-16-12-7-3-5-9-15(12)17-10-13(16)11-6-2-4-8-14(11)18-16/h2-9,13H,10H2,1H3/t13-,16+/m0/s1. The topological polar surface area (TPSA) is 18.5 Å². The number of ether oxygens (including phenoxy) is 2. The maximum absolute atomic E-state index is 6.24. The number of benzene rings is 2. The van der Waals surface area contributed by atoms with E-state index in [0.29, 0.717) is 6.61 Å². The van der Waals surface area contributed by atoms with Crippen LogP contribution in [0.1, 0.15) is 24.0 Å². The van der Waals surface area contributed by atoms with Crippen molar-refractivity contribution in [3.05, 3.63) is 59.7 Å². The zero-order valence-electron chi connectivity index (χ0n) is 10.2. The fourth-order valence-electron chi connectivity index (χ4n) is 3.12. The summed E-state index contributed by atoms with van der Waals surface area (Å²) in [5.41, 5.74) is 2.12. The van der Waals surface area contributed by atoms with Crippen molar-refractivity contribution in [3.63, 3.8) is 0 Å². The van der Waals surface area contributed by atoms with Crippen molar-refractivity contribution >= 4 is 0 Å². The lowest BCUT2D eigenvalue weighted by molar-refractivity contribution is 0.0435. The molecule has 2 aromatic carbocycles. The summed E-state index contributed by atoms with van der Waals surface area (Å²) < 4.78 is 12.1. The average Bonchev–Trinajstić information content (AvgIpc) is 2.71. The first kappa shape index (κ1) is 10.0. The second-order valence-corrected chi connectivity index (χ2v) is 5.11. The van der Waals surface area contributed by atoms with E-state index in [-0.39, 0.29) is 11.5 Å². The summed E-state index contributed by atoms with van der Waals surface area (Å²) in [7, 11) is 0. The largest absolute Gasteiger partial charge is 0.492 e.